The number of oxime groups is 1. The number of alkyl halides is 6. The van der Waals surface area contributed by atoms with E-state index >= 15 is 0 Å². The number of imidazole rings is 1. The lowest BCUT2D eigenvalue weighted by Crippen LogP contribution is -2.53. The summed E-state index contributed by atoms with van der Waals surface area (Å²) in [6.07, 6.45) is -9.15. The molecule has 11 heteroatoms. The van der Waals surface area contributed by atoms with Crippen LogP contribution < -0.4 is 0 Å². The highest BCUT2D eigenvalue weighted by Crippen LogP contribution is 2.50. The van der Waals surface area contributed by atoms with Crippen LogP contribution in [0.1, 0.15) is 36.8 Å². The van der Waals surface area contributed by atoms with E-state index in [0.29, 0.717) is 23.7 Å². The molecule has 0 fully saturated rings. The minimum Gasteiger partial charge on any atom is -0.399 e. The number of hydrogen-bond acceptors (Lipinski definition) is 4. The summed E-state index contributed by atoms with van der Waals surface area (Å²) in [4.78, 5) is 8.79. The molecule has 0 aliphatic rings. The second-order valence-corrected chi connectivity index (χ2v) is 6.20. The smallest absolute Gasteiger partial charge is 0.399 e. The molecule has 0 spiro atoms. The van der Waals surface area contributed by atoms with Crippen LogP contribution in [0.5, 0.6) is 0 Å². The maximum atomic E-state index is 13.0. The summed E-state index contributed by atoms with van der Waals surface area (Å²) >= 11 is 0. The molecule has 0 aliphatic carbocycles. The van der Waals surface area contributed by atoms with Gasteiger partial charge in [-0.2, -0.15) is 26.3 Å². The van der Waals surface area contributed by atoms with Gasteiger partial charge in [-0.3, -0.25) is 4.57 Å². The van der Waals surface area contributed by atoms with E-state index in [1.165, 1.54) is 24.1 Å². The Morgan fingerprint density at radius 2 is 1.61 bits per heavy atom. The zero-order valence-electron chi connectivity index (χ0n) is 15.0. The van der Waals surface area contributed by atoms with Crippen LogP contribution in [0.4, 0.5) is 26.3 Å². The lowest BCUT2D eigenvalue weighted by Gasteiger charge is -2.32. The normalized spacial score (nSPS) is 13.5. The van der Waals surface area contributed by atoms with E-state index in [1.54, 1.807) is 0 Å². The molecule has 5 nitrogen and oxygen atoms in total. The molecule has 0 saturated carbocycles. The van der Waals surface area contributed by atoms with Crippen molar-refractivity contribution in [2.45, 2.75) is 37.7 Å². The van der Waals surface area contributed by atoms with E-state index in [2.05, 4.69) is 15.0 Å². The molecule has 2 aromatic rings. The Labute approximate surface area is 156 Å². The van der Waals surface area contributed by atoms with E-state index in [-0.39, 0.29) is 11.6 Å². The Morgan fingerprint density at radius 1 is 1.07 bits per heavy atom. The molecule has 0 aliphatic heterocycles. The zero-order chi connectivity index (χ0) is 21.3. The first-order valence-electron chi connectivity index (χ1n) is 7.95. The van der Waals surface area contributed by atoms with Gasteiger partial charge in [0, 0.05) is 17.2 Å². The first kappa shape index (κ1) is 21.7. The largest absolute Gasteiger partial charge is 0.430 e. The molecule has 28 heavy (non-hydrogen) atoms. The monoisotopic (exact) mass is 409 g/mol. The first-order chi connectivity index (χ1) is 12.8. The van der Waals surface area contributed by atoms with Crippen LogP contribution in [-0.2, 0) is 10.4 Å². The molecule has 0 bridgehead atoms. The van der Waals surface area contributed by atoms with Gasteiger partial charge in [0.15, 0.2) is 0 Å². The van der Waals surface area contributed by atoms with Crippen molar-refractivity contribution in [2.24, 2.45) is 5.16 Å². The second kappa shape index (κ2) is 7.46. The fourth-order valence-corrected chi connectivity index (χ4v) is 2.61. The van der Waals surface area contributed by atoms with Crippen LogP contribution in [0.2, 0.25) is 0 Å². The molecule has 0 saturated heterocycles. The Kier molecular flexibility index (Phi) is 5.79. The van der Waals surface area contributed by atoms with Crippen LogP contribution in [0.3, 0.4) is 0 Å². The van der Waals surface area contributed by atoms with Gasteiger partial charge in [-0.05, 0) is 12.1 Å². The lowest BCUT2D eigenvalue weighted by atomic mass is 9.92. The Morgan fingerprint density at radius 3 is 2.04 bits per heavy atom. The van der Waals surface area contributed by atoms with Crippen molar-refractivity contribution in [3.63, 3.8) is 0 Å². The molecular formula is C17H17F6N3O2. The predicted molar refractivity (Wildman–Crippen MR) is 88.3 cm³/mol. The SMILES string of the molecule is CON=Cc1cnc(C(C)C)n1-c1ccc(C(O)(C(F)(F)F)C(F)(F)F)cc1. The summed E-state index contributed by atoms with van der Waals surface area (Å²) in [7, 11) is 1.31. The molecule has 2 rings (SSSR count). The maximum Gasteiger partial charge on any atom is 0.430 e. The quantitative estimate of drug-likeness (QED) is 0.455. The van der Waals surface area contributed by atoms with E-state index in [1.807, 2.05) is 13.8 Å². The van der Waals surface area contributed by atoms with Gasteiger partial charge in [0.05, 0.1) is 18.1 Å². The molecule has 0 atom stereocenters. The van der Waals surface area contributed by atoms with Crippen LogP contribution in [0.25, 0.3) is 5.69 Å². The van der Waals surface area contributed by atoms with E-state index in [9.17, 15) is 31.4 Å². The van der Waals surface area contributed by atoms with Gasteiger partial charge in [0.25, 0.3) is 5.60 Å². The van der Waals surface area contributed by atoms with Gasteiger partial charge in [-0.25, -0.2) is 4.98 Å². The molecule has 1 N–H and O–H groups in total. The summed E-state index contributed by atoms with van der Waals surface area (Å²) in [5.41, 5.74) is -5.67. The van der Waals surface area contributed by atoms with Crippen molar-refractivity contribution in [3.8, 4) is 5.69 Å². The number of rotatable bonds is 5. The third kappa shape index (κ3) is 3.71. The molecule has 0 radical (unpaired) electrons. The molecule has 1 aromatic heterocycles. The van der Waals surface area contributed by atoms with E-state index < -0.39 is 23.5 Å². The number of halogens is 6. The third-order valence-corrected chi connectivity index (χ3v) is 3.99. The summed E-state index contributed by atoms with van der Waals surface area (Å²) in [5.74, 6) is 0.402. The average Bonchev–Trinajstić information content (AvgIpc) is 3.01. The van der Waals surface area contributed by atoms with Crippen LogP contribution in [0, 0.1) is 0 Å². The van der Waals surface area contributed by atoms with Crippen LogP contribution in [-0.4, -0.2) is 40.3 Å². The van der Waals surface area contributed by atoms with Crippen molar-refractivity contribution < 1.29 is 36.3 Å². The molecule has 1 aromatic carbocycles. The number of aromatic nitrogens is 2. The highest BCUT2D eigenvalue weighted by molar-refractivity contribution is 5.78. The minimum atomic E-state index is -5.94. The second-order valence-electron chi connectivity index (χ2n) is 6.20. The fourth-order valence-electron chi connectivity index (χ4n) is 2.61. The predicted octanol–water partition coefficient (Wildman–Crippen LogP) is 4.29. The van der Waals surface area contributed by atoms with Crippen molar-refractivity contribution in [1.29, 1.82) is 0 Å². The molecular weight excluding hydrogens is 392 g/mol. The zero-order valence-corrected chi connectivity index (χ0v) is 15.0. The first-order valence-corrected chi connectivity index (χ1v) is 7.95. The third-order valence-electron chi connectivity index (χ3n) is 3.99. The van der Waals surface area contributed by atoms with E-state index in [4.69, 9.17) is 0 Å². The van der Waals surface area contributed by atoms with Gasteiger partial charge < -0.3 is 9.94 Å². The van der Waals surface area contributed by atoms with Crippen molar-refractivity contribution in [3.05, 3.63) is 47.5 Å². The van der Waals surface area contributed by atoms with Gasteiger partial charge in [-0.1, -0.05) is 31.1 Å². The highest BCUT2D eigenvalue weighted by atomic mass is 19.4. The van der Waals surface area contributed by atoms with Crippen molar-refractivity contribution in [2.75, 3.05) is 7.11 Å². The molecule has 1 heterocycles. The van der Waals surface area contributed by atoms with Gasteiger partial charge in [0.2, 0.25) is 0 Å². The number of hydrogen-bond donors (Lipinski definition) is 1. The average molecular weight is 409 g/mol. The summed E-state index contributed by atoms with van der Waals surface area (Å²) in [6, 6.07) is 3.24. The van der Waals surface area contributed by atoms with Crippen LogP contribution >= 0.6 is 0 Å². The van der Waals surface area contributed by atoms with Gasteiger partial charge >= 0.3 is 12.4 Å². The Hall–Kier alpha value is -2.56. The lowest BCUT2D eigenvalue weighted by molar-refractivity contribution is -0.376. The summed E-state index contributed by atoms with van der Waals surface area (Å²) in [6.45, 7) is 3.63. The fraction of sp³-hybridized carbons (Fsp3) is 0.412. The van der Waals surface area contributed by atoms with Gasteiger partial charge in [0.1, 0.15) is 12.9 Å². The van der Waals surface area contributed by atoms with Crippen molar-refractivity contribution in [1.82, 2.24) is 9.55 Å². The number of benzene rings is 1. The van der Waals surface area contributed by atoms with Crippen molar-refractivity contribution >= 4 is 6.21 Å². The maximum absolute atomic E-state index is 13.0. The summed E-state index contributed by atoms with van der Waals surface area (Å²) in [5, 5.41) is 13.1. The van der Waals surface area contributed by atoms with E-state index in [0.717, 1.165) is 12.1 Å². The standard InChI is InChI=1S/C17H17F6N3O2/c1-10(2)14-24-8-13(9-25-28-3)26(14)12-6-4-11(5-7-12)15(27,16(18,19)20)17(21,22)23/h4-10,27H,1-3H3. The van der Waals surface area contributed by atoms with Gasteiger partial charge in [-0.15, -0.1) is 0 Å². The topological polar surface area (TPSA) is 59.6 Å². The van der Waals surface area contributed by atoms with Crippen LogP contribution in [0.15, 0.2) is 35.6 Å². The minimum absolute atomic E-state index is 0.105. The number of nitrogens with zero attached hydrogens (tertiary/aromatic N) is 3. The summed E-state index contributed by atoms with van der Waals surface area (Å²) < 4.78 is 79.6. The molecule has 0 amide bonds. The highest BCUT2D eigenvalue weighted by Gasteiger charge is 2.71. The molecule has 0 unspecified atom stereocenters. The molecule has 154 valence electrons. The number of aliphatic hydroxyl groups is 1. The Bertz CT molecular complexity index is 824. The Balaban J connectivity index is 2.59.